The Bertz CT molecular complexity index is 487. The Morgan fingerprint density at radius 1 is 1.38 bits per heavy atom. The molecule has 0 atom stereocenters. The molecule has 0 aromatic heterocycles. The quantitative estimate of drug-likeness (QED) is 0.592. The van der Waals surface area contributed by atoms with Gasteiger partial charge in [0.15, 0.2) is 5.75 Å². The van der Waals surface area contributed by atoms with Gasteiger partial charge in [0, 0.05) is 6.07 Å². The van der Waals surface area contributed by atoms with Gasteiger partial charge in [0.25, 0.3) is 0 Å². The number of aliphatic imine (C=N–C) groups is 1. The van der Waals surface area contributed by atoms with E-state index >= 15 is 0 Å². The van der Waals surface area contributed by atoms with Gasteiger partial charge >= 0.3 is 6.36 Å². The van der Waals surface area contributed by atoms with Crippen molar-refractivity contribution in [3.8, 4) is 11.8 Å². The van der Waals surface area contributed by atoms with E-state index in [2.05, 4.69) is 21.9 Å². The fourth-order valence-electron chi connectivity index (χ4n) is 0.932. The van der Waals surface area contributed by atoms with Crippen molar-refractivity contribution in [2.75, 3.05) is 0 Å². The van der Waals surface area contributed by atoms with Crippen LogP contribution in [0.4, 0.5) is 18.9 Å². The molecule has 82 valence electrons. The summed E-state index contributed by atoms with van der Waals surface area (Å²) in [6, 6.07) is 5.11. The molecule has 0 unspecified atom stereocenters. The van der Waals surface area contributed by atoms with E-state index in [1.165, 1.54) is 12.1 Å². The van der Waals surface area contributed by atoms with Crippen molar-refractivity contribution in [3.63, 3.8) is 0 Å². The number of ether oxygens (including phenoxy) is 1. The molecule has 0 saturated heterocycles. The predicted octanol–water partition coefficient (Wildman–Crippen LogP) is 3.19. The average Bonchev–Trinajstić information content (AvgIpc) is 2.18. The lowest BCUT2D eigenvalue weighted by Gasteiger charge is -2.10. The lowest BCUT2D eigenvalue weighted by atomic mass is 10.2. The van der Waals surface area contributed by atoms with Crippen molar-refractivity contribution < 1.29 is 17.9 Å². The highest BCUT2D eigenvalue weighted by molar-refractivity contribution is 7.78. The zero-order chi connectivity index (χ0) is 12.2. The molecule has 0 N–H and O–H groups in total. The van der Waals surface area contributed by atoms with Crippen molar-refractivity contribution in [1.82, 2.24) is 0 Å². The predicted molar refractivity (Wildman–Crippen MR) is 52.5 cm³/mol. The maximum Gasteiger partial charge on any atom is 0.573 e. The van der Waals surface area contributed by atoms with Crippen LogP contribution in [0.5, 0.6) is 5.75 Å². The molecule has 0 bridgehead atoms. The van der Waals surface area contributed by atoms with E-state index in [4.69, 9.17) is 5.26 Å². The first kappa shape index (κ1) is 12.2. The number of isothiocyanates is 1. The van der Waals surface area contributed by atoms with Crippen LogP contribution >= 0.6 is 12.2 Å². The molecule has 3 nitrogen and oxygen atoms in total. The molecule has 0 spiro atoms. The first-order chi connectivity index (χ1) is 7.46. The minimum absolute atomic E-state index is 0.0302. The minimum atomic E-state index is -4.85. The lowest BCUT2D eigenvalue weighted by molar-refractivity contribution is -0.274. The van der Waals surface area contributed by atoms with Gasteiger partial charge in [-0.1, -0.05) is 0 Å². The summed E-state index contributed by atoms with van der Waals surface area (Å²) in [4.78, 5) is 3.40. The molecule has 0 aliphatic carbocycles. The van der Waals surface area contributed by atoms with E-state index in [0.29, 0.717) is 0 Å². The van der Waals surface area contributed by atoms with Gasteiger partial charge in [0.05, 0.1) is 16.8 Å². The van der Waals surface area contributed by atoms with E-state index in [-0.39, 0.29) is 11.3 Å². The maximum absolute atomic E-state index is 12.0. The third-order valence-corrected chi connectivity index (χ3v) is 1.57. The molecular formula is C9H3F3N2OS. The first-order valence-corrected chi connectivity index (χ1v) is 4.25. The van der Waals surface area contributed by atoms with Crippen LogP contribution in [0.15, 0.2) is 23.2 Å². The van der Waals surface area contributed by atoms with E-state index < -0.39 is 12.1 Å². The molecule has 7 heteroatoms. The van der Waals surface area contributed by atoms with Crippen LogP contribution in [-0.2, 0) is 0 Å². The highest BCUT2D eigenvalue weighted by Crippen LogP contribution is 2.32. The Labute approximate surface area is 93.8 Å². The summed E-state index contributed by atoms with van der Waals surface area (Å²) in [6.45, 7) is 0. The summed E-state index contributed by atoms with van der Waals surface area (Å²) in [5.74, 6) is -0.580. The number of nitrogens with zero attached hydrogens (tertiary/aromatic N) is 2. The Balaban J connectivity index is 3.21. The molecule has 1 aromatic carbocycles. The molecule has 0 heterocycles. The molecule has 1 aromatic rings. The highest BCUT2D eigenvalue weighted by Gasteiger charge is 2.32. The average molecular weight is 244 g/mol. The third kappa shape index (κ3) is 3.35. The van der Waals surface area contributed by atoms with Crippen molar-refractivity contribution in [3.05, 3.63) is 23.8 Å². The molecule has 0 radical (unpaired) electrons. The van der Waals surface area contributed by atoms with Gasteiger partial charge in [-0.05, 0) is 24.4 Å². The number of hydrogen-bond acceptors (Lipinski definition) is 4. The van der Waals surface area contributed by atoms with Crippen LogP contribution < -0.4 is 4.74 Å². The molecule has 16 heavy (non-hydrogen) atoms. The summed E-state index contributed by atoms with van der Waals surface area (Å²) in [6.07, 6.45) is -4.85. The molecule has 0 fully saturated rings. The molecule has 0 amide bonds. The van der Waals surface area contributed by atoms with Crippen LogP contribution in [0.3, 0.4) is 0 Å². The number of alkyl halides is 3. The van der Waals surface area contributed by atoms with Crippen LogP contribution in [0, 0.1) is 11.3 Å². The second-order valence-electron chi connectivity index (χ2n) is 2.55. The standard InChI is InChI=1S/C9H3F3N2OS/c10-9(11,12)15-8-3-6(4-13)1-2-7(8)14-5-16/h1-3H. The second kappa shape index (κ2) is 4.75. The zero-order valence-corrected chi connectivity index (χ0v) is 8.39. The van der Waals surface area contributed by atoms with E-state index in [9.17, 15) is 13.2 Å². The highest BCUT2D eigenvalue weighted by atomic mass is 32.1. The maximum atomic E-state index is 12.0. The smallest absolute Gasteiger partial charge is 0.403 e. The Morgan fingerprint density at radius 3 is 2.56 bits per heavy atom. The fraction of sp³-hybridized carbons (Fsp3) is 0.111. The van der Waals surface area contributed by atoms with E-state index in [1.807, 2.05) is 5.16 Å². The van der Waals surface area contributed by atoms with E-state index in [1.54, 1.807) is 6.07 Å². The van der Waals surface area contributed by atoms with Gasteiger partial charge in [-0.2, -0.15) is 10.3 Å². The van der Waals surface area contributed by atoms with Crippen LogP contribution in [0.1, 0.15) is 5.56 Å². The van der Waals surface area contributed by atoms with Gasteiger partial charge in [0.1, 0.15) is 5.69 Å². The van der Waals surface area contributed by atoms with E-state index in [0.717, 1.165) is 6.07 Å². The number of halogens is 3. The summed E-state index contributed by atoms with van der Waals surface area (Å²) in [5.41, 5.74) is -0.103. The fourth-order valence-corrected chi connectivity index (χ4v) is 1.03. The normalized spacial score (nSPS) is 10.1. The molecule has 0 aliphatic heterocycles. The zero-order valence-electron chi connectivity index (χ0n) is 7.58. The van der Waals surface area contributed by atoms with Crippen molar-refractivity contribution >= 4 is 23.1 Å². The van der Waals surface area contributed by atoms with Gasteiger partial charge in [-0.15, -0.1) is 13.2 Å². The van der Waals surface area contributed by atoms with Crippen LogP contribution in [0.25, 0.3) is 0 Å². The topological polar surface area (TPSA) is 45.4 Å². The summed E-state index contributed by atoms with van der Waals surface area (Å²) in [5, 5.41) is 10.5. The van der Waals surface area contributed by atoms with Gasteiger partial charge in [-0.25, -0.2) is 0 Å². The van der Waals surface area contributed by atoms with Gasteiger partial charge in [0.2, 0.25) is 0 Å². The number of nitriles is 1. The molecule has 0 aliphatic rings. The Kier molecular flexibility index (Phi) is 3.61. The Morgan fingerprint density at radius 2 is 2.06 bits per heavy atom. The van der Waals surface area contributed by atoms with Crippen molar-refractivity contribution in [2.45, 2.75) is 6.36 Å². The molecular weight excluding hydrogens is 241 g/mol. The number of thiocarbonyl (C=S) groups is 1. The SMILES string of the molecule is N#Cc1ccc(N=C=S)c(OC(F)(F)F)c1. The minimum Gasteiger partial charge on any atom is -0.403 e. The lowest BCUT2D eigenvalue weighted by Crippen LogP contribution is -2.17. The molecule has 1 rings (SSSR count). The van der Waals surface area contributed by atoms with Crippen molar-refractivity contribution in [2.24, 2.45) is 4.99 Å². The third-order valence-electron chi connectivity index (χ3n) is 1.48. The van der Waals surface area contributed by atoms with Crippen molar-refractivity contribution in [1.29, 1.82) is 5.26 Å². The van der Waals surface area contributed by atoms with Gasteiger partial charge in [-0.3, -0.25) is 0 Å². The summed E-state index contributed by atoms with van der Waals surface area (Å²) in [7, 11) is 0. The summed E-state index contributed by atoms with van der Waals surface area (Å²) < 4.78 is 39.7. The van der Waals surface area contributed by atoms with Gasteiger partial charge < -0.3 is 4.74 Å². The number of hydrogen-bond donors (Lipinski definition) is 0. The largest absolute Gasteiger partial charge is 0.573 e. The molecule has 0 saturated carbocycles. The van der Waals surface area contributed by atoms with Crippen LogP contribution in [-0.4, -0.2) is 11.5 Å². The summed E-state index contributed by atoms with van der Waals surface area (Å²) >= 11 is 4.28. The number of rotatable bonds is 2. The second-order valence-corrected chi connectivity index (χ2v) is 2.73. The number of benzene rings is 1. The van der Waals surface area contributed by atoms with Crippen LogP contribution in [0.2, 0.25) is 0 Å². The Hall–Kier alpha value is -1.90. The monoisotopic (exact) mass is 244 g/mol. The first-order valence-electron chi connectivity index (χ1n) is 3.84.